The third-order valence-electron chi connectivity index (χ3n) is 5.26. The number of rotatable bonds is 4. The Morgan fingerprint density at radius 3 is 2.50 bits per heavy atom. The van der Waals surface area contributed by atoms with Gasteiger partial charge in [-0.3, -0.25) is 4.79 Å². The van der Waals surface area contributed by atoms with E-state index in [0.717, 1.165) is 31.1 Å². The Morgan fingerprint density at radius 2 is 1.85 bits per heavy atom. The highest BCUT2D eigenvalue weighted by atomic mass is 16.1. The predicted molar refractivity (Wildman–Crippen MR) is 84.5 cm³/mol. The molecule has 0 spiro atoms. The quantitative estimate of drug-likeness (QED) is 0.795. The van der Waals surface area contributed by atoms with E-state index in [4.69, 9.17) is 0 Å². The highest BCUT2D eigenvalue weighted by molar-refractivity contribution is 5.76. The molecule has 0 bridgehead atoms. The minimum absolute atomic E-state index is 0.297. The average Bonchev–Trinajstić information content (AvgIpc) is 2.35. The highest BCUT2D eigenvalue weighted by Crippen LogP contribution is 2.38. The molecular weight excluding hydrogens is 246 g/mol. The number of nitrogens with one attached hydrogen (secondary N) is 1. The van der Waals surface area contributed by atoms with Crippen LogP contribution in [0.4, 0.5) is 0 Å². The molecule has 0 aromatic carbocycles. The lowest BCUT2D eigenvalue weighted by Gasteiger charge is -2.39. The van der Waals surface area contributed by atoms with Gasteiger partial charge in [0.2, 0.25) is 5.91 Å². The molecule has 2 fully saturated rings. The molecule has 0 aromatic heterocycles. The van der Waals surface area contributed by atoms with E-state index in [1.54, 1.807) is 0 Å². The van der Waals surface area contributed by atoms with Gasteiger partial charge in [0.25, 0.3) is 0 Å². The Hall–Kier alpha value is -0.530. The second kappa shape index (κ2) is 6.95. The van der Waals surface area contributed by atoms with Crippen molar-refractivity contribution in [2.75, 3.05) is 0 Å². The van der Waals surface area contributed by atoms with Crippen LogP contribution in [0, 0.1) is 17.3 Å². The van der Waals surface area contributed by atoms with Gasteiger partial charge in [0.15, 0.2) is 0 Å². The van der Waals surface area contributed by atoms with Crippen molar-refractivity contribution in [3.8, 4) is 0 Å². The molecule has 2 saturated carbocycles. The van der Waals surface area contributed by atoms with Crippen LogP contribution < -0.4 is 5.32 Å². The largest absolute Gasteiger partial charge is 0.353 e. The normalized spacial score (nSPS) is 30.9. The zero-order chi connectivity index (χ0) is 14.6. The van der Waals surface area contributed by atoms with E-state index < -0.39 is 0 Å². The Bertz CT molecular complexity index is 317. The summed E-state index contributed by atoms with van der Waals surface area (Å²) in [6.07, 6.45) is 12.3. The Balaban J connectivity index is 1.70. The van der Waals surface area contributed by atoms with Crippen LogP contribution in [-0.4, -0.2) is 11.9 Å². The van der Waals surface area contributed by atoms with Crippen molar-refractivity contribution >= 4 is 5.91 Å². The van der Waals surface area contributed by atoms with E-state index in [1.807, 2.05) is 0 Å². The third-order valence-corrected chi connectivity index (χ3v) is 5.26. The van der Waals surface area contributed by atoms with Crippen molar-refractivity contribution in [1.82, 2.24) is 5.32 Å². The molecule has 2 heteroatoms. The Kier molecular flexibility index (Phi) is 5.51. The average molecular weight is 279 g/mol. The topological polar surface area (TPSA) is 29.1 Å². The zero-order valence-corrected chi connectivity index (χ0v) is 13.7. The lowest BCUT2D eigenvalue weighted by atomic mass is 9.70. The molecule has 2 aliphatic carbocycles. The van der Waals surface area contributed by atoms with Gasteiger partial charge in [-0.2, -0.15) is 0 Å². The van der Waals surface area contributed by atoms with Crippen LogP contribution in [0.15, 0.2) is 0 Å². The second-order valence-electron chi connectivity index (χ2n) is 8.22. The highest BCUT2D eigenvalue weighted by Gasteiger charge is 2.32. The summed E-state index contributed by atoms with van der Waals surface area (Å²) in [5, 5.41) is 3.31. The summed E-state index contributed by atoms with van der Waals surface area (Å²) in [6, 6.07) is 0.410. The standard InChI is InChI=1S/C18H33NO/c1-14-11-16(13-18(2,3)12-14)19-17(20)10-9-15-7-5-4-6-8-15/h14-16H,4-13H2,1-3H3,(H,19,20)/t14-,16+/m0/s1. The van der Waals surface area contributed by atoms with Crippen LogP contribution >= 0.6 is 0 Å². The van der Waals surface area contributed by atoms with Crippen molar-refractivity contribution in [1.29, 1.82) is 0 Å². The maximum Gasteiger partial charge on any atom is 0.220 e. The van der Waals surface area contributed by atoms with Gasteiger partial charge in [0, 0.05) is 12.5 Å². The maximum atomic E-state index is 12.2. The molecule has 2 atom stereocenters. The molecule has 0 heterocycles. The van der Waals surface area contributed by atoms with Crippen LogP contribution in [0.1, 0.15) is 85.0 Å². The lowest BCUT2D eigenvalue weighted by Crippen LogP contribution is -2.43. The van der Waals surface area contributed by atoms with Crippen molar-refractivity contribution in [2.45, 2.75) is 91.0 Å². The fraction of sp³-hybridized carbons (Fsp3) is 0.944. The molecule has 1 amide bonds. The van der Waals surface area contributed by atoms with E-state index in [-0.39, 0.29) is 0 Å². The number of carbonyl (C=O) groups is 1. The molecule has 0 radical (unpaired) electrons. The molecule has 0 saturated heterocycles. The van der Waals surface area contributed by atoms with E-state index in [9.17, 15) is 4.79 Å². The first-order valence-corrected chi connectivity index (χ1v) is 8.74. The monoisotopic (exact) mass is 279 g/mol. The van der Waals surface area contributed by atoms with Crippen molar-refractivity contribution < 1.29 is 4.79 Å². The molecular formula is C18H33NO. The first-order valence-electron chi connectivity index (χ1n) is 8.74. The summed E-state index contributed by atoms with van der Waals surface area (Å²) in [4.78, 5) is 12.2. The van der Waals surface area contributed by atoms with Crippen LogP contribution in [0.25, 0.3) is 0 Å². The number of amides is 1. The summed E-state index contributed by atoms with van der Waals surface area (Å²) in [5.74, 6) is 1.85. The van der Waals surface area contributed by atoms with Gasteiger partial charge in [-0.15, -0.1) is 0 Å². The van der Waals surface area contributed by atoms with E-state index >= 15 is 0 Å². The van der Waals surface area contributed by atoms with Crippen LogP contribution in [0.3, 0.4) is 0 Å². The van der Waals surface area contributed by atoms with Gasteiger partial charge in [-0.25, -0.2) is 0 Å². The first-order chi connectivity index (χ1) is 9.44. The molecule has 2 aliphatic rings. The van der Waals surface area contributed by atoms with Gasteiger partial charge in [0.1, 0.15) is 0 Å². The van der Waals surface area contributed by atoms with Crippen LogP contribution in [0.5, 0.6) is 0 Å². The van der Waals surface area contributed by atoms with E-state index in [1.165, 1.54) is 44.9 Å². The Morgan fingerprint density at radius 1 is 1.15 bits per heavy atom. The molecule has 0 unspecified atom stereocenters. The molecule has 2 rings (SSSR count). The van der Waals surface area contributed by atoms with Gasteiger partial charge in [-0.05, 0) is 42.9 Å². The third kappa shape index (κ3) is 5.10. The summed E-state index contributed by atoms with van der Waals surface area (Å²) in [7, 11) is 0. The van der Waals surface area contributed by atoms with Crippen LogP contribution in [0.2, 0.25) is 0 Å². The van der Waals surface area contributed by atoms with Crippen molar-refractivity contribution in [3.05, 3.63) is 0 Å². The summed E-state index contributed by atoms with van der Waals surface area (Å²) in [6.45, 7) is 7.00. The predicted octanol–water partition coefficient (Wildman–Crippen LogP) is 4.68. The van der Waals surface area contributed by atoms with Crippen molar-refractivity contribution in [3.63, 3.8) is 0 Å². The minimum Gasteiger partial charge on any atom is -0.353 e. The number of carbonyl (C=O) groups excluding carboxylic acids is 1. The van der Waals surface area contributed by atoms with Gasteiger partial charge in [0.05, 0.1) is 0 Å². The maximum absolute atomic E-state index is 12.2. The molecule has 1 N–H and O–H groups in total. The smallest absolute Gasteiger partial charge is 0.220 e. The SMILES string of the molecule is C[C@H]1C[C@@H](NC(=O)CCC2CCCCC2)CC(C)(C)C1. The summed E-state index contributed by atoms with van der Waals surface area (Å²) < 4.78 is 0. The van der Waals surface area contributed by atoms with Gasteiger partial charge >= 0.3 is 0 Å². The fourth-order valence-electron chi connectivity index (χ4n) is 4.57. The number of hydrogen-bond donors (Lipinski definition) is 1. The Labute approximate surface area is 125 Å². The summed E-state index contributed by atoms with van der Waals surface area (Å²) in [5.41, 5.74) is 0.388. The lowest BCUT2D eigenvalue weighted by molar-refractivity contribution is -0.122. The molecule has 2 nitrogen and oxygen atoms in total. The van der Waals surface area contributed by atoms with E-state index in [2.05, 4.69) is 26.1 Å². The van der Waals surface area contributed by atoms with E-state index in [0.29, 0.717) is 17.4 Å². The molecule has 116 valence electrons. The van der Waals surface area contributed by atoms with Gasteiger partial charge in [-0.1, -0.05) is 52.9 Å². The first kappa shape index (κ1) is 15.9. The molecule has 0 aliphatic heterocycles. The molecule has 20 heavy (non-hydrogen) atoms. The second-order valence-corrected chi connectivity index (χ2v) is 8.22. The number of hydrogen-bond acceptors (Lipinski definition) is 1. The fourth-order valence-corrected chi connectivity index (χ4v) is 4.57. The molecule has 0 aromatic rings. The minimum atomic E-state index is 0.297. The summed E-state index contributed by atoms with van der Waals surface area (Å²) >= 11 is 0. The van der Waals surface area contributed by atoms with Crippen molar-refractivity contribution in [2.24, 2.45) is 17.3 Å². The zero-order valence-electron chi connectivity index (χ0n) is 13.7. The van der Waals surface area contributed by atoms with Gasteiger partial charge < -0.3 is 5.32 Å². The van der Waals surface area contributed by atoms with Crippen LogP contribution in [-0.2, 0) is 4.79 Å².